The zero-order valence-electron chi connectivity index (χ0n) is 17.6. The summed E-state index contributed by atoms with van der Waals surface area (Å²) >= 11 is 0. The molecular weight excluding hydrogens is 422 g/mol. The van der Waals surface area contributed by atoms with Crippen LogP contribution in [-0.2, 0) is 19.2 Å². The molecule has 0 amide bonds. The summed E-state index contributed by atoms with van der Waals surface area (Å²) in [6.45, 7) is 1.64. The highest BCUT2D eigenvalue weighted by molar-refractivity contribution is 6.32. The van der Waals surface area contributed by atoms with Gasteiger partial charge in [-0.1, -0.05) is 19.1 Å². The van der Waals surface area contributed by atoms with Crippen molar-refractivity contribution in [3.63, 3.8) is 0 Å². The molecule has 0 saturated heterocycles. The van der Waals surface area contributed by atoms with Crippen molar-refractivity contribution in [3.8, 4) is 5.75 Å². The van der Waals surface area contributed by atoms with Crippen molar-refractivity contribution in [2.24, 2.45) is 23.7 Å². The smallest absolute Gasteiger partial charge is 0.321 e. The first-order valence-corrected chi connectivity index (χ1v) is 10.1. The molecule has 0 spiro atoms. The van der Waals surface area contributed by atoms with Gasteiger partial charge in [-0.15, -0.1) is 0 Å². The number of aliphatic hydroxyl groups excluding tert-OH is 1. The second kappa shape index (κ2) is 7.03. The van der Waals surface area contributed by atoms with E-state index in [9.17, 15) is 44.4 Å². The van der Waals surface area contributed by atoms with E-state index in [2.05, 4.69) is 0 Å². The van der Waals surface area contributed by atoms with Crippen LogP contribution in [0.2, 0.25) is 0 Å². The number of carboxylic acids is 1. The number of aliphatic hydroxyl groups is 2. The molecule has 10 heteroatoms. The lowest BCUT2D eigenvalue weighted by Gasteiger charge is -2.55. The number of likely N-dealkylation sites (N-methyl/N-ethyl adjacent to an activating group) is 1. The van der Waals surface area contributed by atoms with Gasteiger partial charge >= 0.3 is 5.97 Å². The number of phenolic OH excluding ortho intramolecular Hbond substituents is 1. The normalized spacial score (nSPS) is 38.9. The van der Waals surface area contributed by atoms with Crippen LogP contribution in [0.15, 0.2) is 18.2 Å². The van der Waals surface area contributed by atoms with Crippen LogP contribution >= 0.6 is 0 Å². The largest absolute Gasteiger partial charge is 0.507 e. The summed E-state index contributed by atoms with van der Waals surface area (Å²) in [5.74, 6) is -14.3. The molecule has 0 bridgehead atoms. The van der Waals surface area contributed by atoms with Gasteiger partial charge in [0.2, 0.25) is 0 Å². The third-order valence-electron chi connectivity index (χ3n) is 7.32. The third-order valence-corrected chi connectivity index (χ3v) is 7.32. The predicted molar refractivity (Wildman–Crippen MR) is 106 cm³/mol. The summed E-state index contributed by atoms with van der Waals surface area (Å²) in [4.78, 5) is 65.8. The minimum Gasteiger partial charge on any atom is -0.507 e. The van der Waals surface area contributed by atoms with Crippen molar-refractivity contribution in [2.75, 3.05) is 14.1 Å². The van der Waals surface area contributed by atoms with Gasteiger partial charge in [0.1, 0.15) is 5.75 Å². The van der Waals surface area contributed by atoms with E-state index >= 15 is 0 Å². The van der Waals surface area contributed by atoms with E-state index in [1.807, 2.05) is 0 Å². The topological polar surface area (TPSA) is 170 Å². The standard InChI is InChI=1S/C22H23NO9/c1-7-8-5-4-6-9(24)11(8)16(25)12-10(7)17(26)14-15(23(2)3)18(27)13(21(30)31)20(29)22(14,32)19(12)28/h4-7,10,12-15,17,24,26,32H,1-3H3,(H,30,31)/t7-,10+,12?,13?,14+,15-,17-,22-/m1/s1. The number of carbonyl (C=O) groups is 5. The lowest BCUT2D eigenvalue weighted by molar-refractivity contribution is -0.198. The number of aromatic hydroxyl groups is 1. The number of carbonyl (C=O) groups excluding carboxylic acids is 4. The SMILES string of the molecule is C[C@@H]1c2cccc(O)c2C(=O)C2C(=O)[C@@]3(O)C(=O)C(C(=O)O)C(=O)[C@H](N(C)C)[C@H]3[C@H](O)[C@H]21. The Morgan fingerprint density at radius 3 is 2.28 bits per heavy atom. The fourth-order valence-corrected chi connectivity index (χ4v) is 5.91. The van der Waals surface area contributed by atoms with Crippen LogP contribution in [0, 0.1) is 23.7 Å². The molecular formula is C22H23NO9. The van der Waals surface area contributed by atoms with E-state index < -0.39 is 76.4 Å². The molecule has 4 N–H and O–H groups in total. The fourth-order valence-electron chi connectivity index (χ4n) is 5.91. The lowest BCUT2D eigenvalue weighted by atomic mass is 9.49. The molecule has 2 unspecified atom stereocenters. The molecule has 3 aliphatic carbocycles. The van der Waals surface area contributed by atoms with Gasteiger partial charge in [0.25, 0.3) is 0 Å². The summed E-state index contributed by atoms with van der Waals surface area (Å²) in [5, 5.41) is 42.5. The quantitative estimate of drug-likeness (QED) is 0.414. The summed E-state index contributed by atoms with van der Waals surface area (Å²) in [5.41, 5.74) is -2.79. The van der Waals surface area contributed by atoms with Crippen LogP contribution in [0.4, 0.5) is 0 Å². The Hall–Kier alpha value is -2.95. The minimum atomic E-state index is -3.05. The molecule has 0 heterocycles. The van der Waals surface area contributed by atoms with Crippen molar-refractivity contribution < 1.29 is 44.4 Å². The van der Waals surface area contributed by atoms with E-state index in [1.54, 1.807) is 13.0 Å². The average Bonchev–Trinajstić information content (AvgIpc) is 2.70. The van der Waals surface area contributed by atoms with Crippen molar-refractivity contribution in [1.29, 1.82) is 0 Å². The first-order chi connectivity index (χ1) is 14.9. The number of phenols is 1. The molecule has 0 radical (unpaired) electrons. The maximum atomic E-state index is 13.6. The van der Waals surface area contributed by atoms with E-state index in [0.29, 0.717) is 5.56 Å². The van der Waals surface area contributed by atoms with E-state index in [4.69, 9.17) is 0 Å². The lowest BCUT2D eigenvalue weighted by Crippen LogP contribution is -2.77. The Balaban J connectivity index is 1.96. The average molecular weight is 445 g/mol. The van der Waals surface area contributed by atoms with Crippen LogP contribution in [0.3, 0.4) is 0 Å². The Bertz CT molecular complexity index is 1080. The van der Waals surface area contributed by atoms with Crippen LogP contribution < -0.4 is 0 Å². The second-order valence-corrected chi connectivity index (χ2v) is 9.04. The summed E-state index contributed by atoms with van der Waals surface area (Å²) in [6, 6.07) is 2.90. The van der Waals surface area contributed by atoms with E-state index in [0.717, 1.165) is 0 Å². The van der Waals surface area contributed by atoms with E-state index in [1.165, 1.54) is 31.1 Å². The molecule has 170 valence electrons. The maximum Gasteiger partial charge on any atom is 0.321 e. The molecule has 0 aromatic heterocycles. The van der Waals surface area contributed by atoms with Gasteiger partial charge in [-0.25, -0.2) is 0 Å². The number of hydrogen-bond donors (Lipinski definition) is 4. The Morgan fingerprint density at radius 2 is 1.72 bits per heavy atom. The molecule has 2 saturated carbocycles. The number of Topliss-reactive ketones (excluding diaryl/α,β-unsaturated/α-hetero) is 4. The number of carboxylic acid groups (broad SMARTS) is 1. The van der Waals surface area contributed by atoms with Crippen molar-refractivity contribution in [2.45, 2.75) is 30.6 Å². The van der Waals surface area contributed by atoms with Crippen LogP contribution in [0.25, 0.3) is 0 Å². The first-order valence-electron chi connectivity index (χ1n) is 10.1. The zero-order valence-corrected chi connectivity index (χ0v) is 17.6. The molecule has 3 aliphatic rings. The van der Waals surface area contributed by atoms with Gasteiger partial charge < -0.3 is 20.4 Å². The molecule has 10 nitrogen and oxygen atoms in total. The Kier molecular flexibility index (Phi) is 4.89. The summed E-state index contributed by atoms with van der Waals surface area (Å²) < 4.78 is 0. The van der Waals surface area contributed by atoms with Crippen LogP contribution in [0.5, 0.6) is 5.75 Å². The second-order valence-electron chi connectivity index (χ2n) is 9.04. The molecule has 4 rings (SSSR count). The minimum absolute atomic E-state index is 0.137. The number of ketones is 4. The maximum absolute atomic E-state index is 13.6. The highest BCUT2D eigenvalue weighted by Crippen LogP contribution is 2.54. The van der Waals surface area contributed by atoms with Crippen molar-refractivity contribution in [3.05, 3.63) is 29.3 Å². The number of aliphatic carboxylic acids is 1. The van der Waals surface area contributed by atoms with Gasteiger partial charge in [-0.3, -0.25) is 28.9 Å². The van der Waals surface area contributed by atoms with Gasteiger partial charge in [0.15, 0.2) is 34.7 Å². The monoisotopic (exact) mass is 445 g/mol. The molecule has 8 atom stereocenters. The van der Waals surface area contributed by atoms with Crippen molar-refractivity contribution >= 4 is 29.1 Å². The number of hydrogen-bond acceptors (Lipinski definition) is 9. The number of nitrogens with zero attached hydrogens (tertiary/aromatic N) is 1. The van der Waals surface area contributed by atoms with Gasteiger partial charge in [-0.2, -0.15) is 0 Å². The fraction of sp³-hybridized carbons (Fsp3) is 0.500. The summed E-state index contributed by atoms with van der Waals surface area (Å²) in [6.07, 6.45) is -1.66. The molecule has 32 heavy (non-hydrogen) atoms. The van der Waals surface area contributed by atoms with E-state index in [-0.39, 0.29) is 11.3 Å². The van der Waals surface area contributed by atoms with Gasteiger partial charge in [0, 0.05) is 5.92 Å². The van der Waals surface area contributed by atoms with Gasteiger partial charge in [-0.05, 0) is 31.6 Å². The first kappa shape index (κ1) is 22.3. The summed E-state index contributed by atoms with van der Waals surface area (Å²) in [7, 11) is 2.81. The molecule has 2 fully saturated rings. The zero-order chi connectivity index (χ0) is 23.9. The third kappa shape index (κ3) is 2.54. The number of benzene rings is 1. The predicted octanol–water partition coefficient (Wildman–Crippen LogP) is -1.00. The van der Waals surface area contributed by atoms with Crippen LogP contribution in [-0.4, -0.2) is 86.3 Å². The number of fused-ring (bicyclic) bond motifs is 3. The molecule has 1 aromatic carbocycles. The molecule has 1 aromatic rings. The van der Waals surface area contributed by atoms with Crippen LogP contribution in [0.1, 0.15) is 28.8 Å². The van der Waals surface area contributed by atoms with Gasteiger partial charge in [0.05, 0.1) is 29.5 Å². The number of rotatable bonds is 2. The Labute approximate surface area is 182 Å². The highest BCUT2D eigenvalue weighted by Gasteiger charge is 2.73. The highest BCUT2D eigenvalue weighted by atomic mass is 16.4. The Morgan fingerprint density at radius 1 is 1.09 bits per heavy atom. The molecule has 0 aliphatic heterocycles. The van der Waals surface area contributed by atoms with Crippen molar-refractivity contribution in [1.82, 2.24) is 4.90 Å².